The van der Waals surface area contributed by atoms with Gasteiger partial charge in [-0.05, 0) is 84.7 Å². The van der Waals surface area contributed by atoms with Crippen LogP contribution in [0, 0.1) is 13.8 Å². The topological polar surface area (TPSA) is 90.1 Å². The summed E-state index contributed by atoms with van der Waals surface area (Å²) in [6, 6.07) is 6.67. The maximum absolute atomic E-state index is 13.0. The van der Waals surface area contributed by atoms with E-state index in [9.17, 15) is 4.79 Å². The zero-order valence-corrected chi connectivity index (χ0v) is 19.8. The van der Waals surface area contributed by atoms with Gasteiger partial charge in [-0.25, -0.2) is 4.68 Å². The molecule has 0 amide bonds. The van der Waals surface area contributed by atoms with Gasteiger partial charge in [0.1, 0.15) is 25.7 Å². The Hall–Kier alpha value is -2.58. The number of quaternary nitrogens is 1. The highest BCUT2D eigenvalue weighted by molar-refractivity contribution is 5.80. The number of tetrazole rings is 1. The monoisotopic (exact) mass is 451 g/mol. The van der Waals surface area contributed by atoms with Gasteiger partial charge in [0.05, 0.1) is 11.6 Å². The van der Waals surface area contributed by atoms with Crippen molar-refractivity contribution in [1.29, 1.82) is 0 Å². The molecular weight excluding hydrogens is 416 g/mol. The van der Waals surface area contributed by atoms with Gasteiger partial charge in [-0.1, -0.05) is 19.3 Å². The molecule has 1 saturated heterocycles. The zero-order chi connectivity index (χ0) is 22.8. The molecule has 2 N–H and O–H groups in total. The van der Waals surface area contributed by atoms with Crippen LogP contribution in [0.15, 0.2) is 23.0 Å². The smallest absolute Gasteiger partial charge is 0.257 e. The van der Waals surface area contributed by atoms with Crippen molar-refractivity contribution in [3.63, 3.8) is 0 Å². The van der Waals surface area contributed by atoms with Crippen LogP contribution >= 0.6 is 0 Å². The molecule has 1 aromatic carbocycles. The van der Waals surface area contributed by atoms with E-state index in [-0.39, 0.29) is 11.7 Å². The first-order valence-electron chi connectivity index (χ1n) is 12.4. The molecule has 2 aromatic heterocycles. The van der Waals surface area contributed by atoms with Crippen molar-refractivity contribution >= 4 is 10.9 Å². The summed E-state index contributed by atoms with van der Waals surface area (Å²) in [4.78, 5) is 17.3. The third-order valence-corrected chi connectivity index (χ3v) is 7.41. The van der Waals surface area contributed by atoms with E-state index in [4.69, 9.17) is 4.74 Å². The highest BCUT2D eigenvalue weighted by atomic mass is 16.5. The molecule has 1 saturated carbocycles. The van der Waals surface area contributed by atoms with Crippen LogP contribution in [0.3, 0.4) is 0 Å². The fourth-order valence-electron chi connectivity index (χ4n) is 5.42. The average Bonchev–Trinajstić information content (AvgIpc) is 3.48. The maximum Gasteiger partial charge on any atom is 0.257 e. The first kappa shape index (κ1) is 22.2. The number of hydrogen-bond donors (Lipinski definition) is 2. The molecule has 2 aliphatic rings. The molecule has 2 atom stereocenters. The minimum absolute atomic E-state index is 0.0116. The molecule has 2 fully saturated rings. The summed E-state index contributed by atoms with van der Waals surface area (Å²) in [5.74, 6) is 0.915. The van der Waals surface area contributed by atoms with Gasteiger partial charge >= 0.3 is 0 Å². The molecule has 3 heterocycles. The number of nitrogens with zero attached hydrogens (tertiary/aromatic N) is 4. The van der Waals surface area contributed by atoms with Gasteiger partial charge in [0.15, 0.2) is 0 Å². The highest BCUT2D eigenvalue weighted by Gasteiger charge is 2.27. The number of aromatic amines is 1. The number of fused-ring (bicyclic) bond motifs is 1. The molecule has 33 heavy (non-hydrogen) atoms. The lowest BCUT2D eigenvalue weighted by atomic mass is 9.95. The van der Waals surface area contributed by atoms with Crippen molar-refractivity contribution in [3.8, 4) is 0 Å². The van der Waals surface area contributed by atoms with Gasteiger partial charge in [-0.3, -0.25) is 4.79 Å². The highest BCUT2D eigenvalue weighted by Crippen LogP contribution is 2.27. The molecule has 3 aromatic rings. The van der Waals surface area contributed by atoms with Crippen LogP contribution in [0.5, 0.6) is 0 Å². The normalized spacial score (nSPS) is 20.5. The van der Waals surface area contributed by atoms with E-state index < -0.39 is 0 Å². The van der Waals surface area contributed by atoms with E-state index in [0.717, 1.165) is 61.1 Å². The number of benzene rings is 1. The van der Waals surface area contributed by atoms with Crippen LogP contribution in [0.1, 0.15) is 73.5 Å². The van der Waals surface area contributed by atoms with Gasteiger partial charge in [0, 0.05) is 12.1 Å². The van der Waals surface area contributed by atoms with Crippen molar-refractivity contribution in [2.75, 3.05) is 13.2 Å². The lowest BCUT2D eigenvalue weighted by molar-refractivity contribution is -0.931. The first-order valence-corrected chi connectivity index (χ1v) is 12.4. The summed E-state index contributed by atoms with van der Waals surface area (Å²) in [6.45, 7) is 7.17. The standard InChI is InChI=1S/C25H34N6O2/c1-17-11-19-13-20(25(32)26-23(19)12-18(17)2)14-30(15-22-9-6-10-33-22)16-24-27-28-29-31(24)21-7-4-3-5-8-21/h11-13,21-22H,3-10,14-16H2,1-2H3,(H,26,32)/p+1/t22-/m1/s1. The molecule has 8 nitrogen and oxygen atoms in total. The van der Waals surface area contributed by atoms with Crippen LogP contribution in [0.4, 0.5) is 0 Å². The minimum Gasteiger partial charge on any atom is -0.372 e. The largest absolute Gasteiger partial charge is 0.372 e. The molecule has 8 heteroatoms. The van der Waals surface area contributed by atoms with E-state index in [1.165, 1.54) is 35.3 Å². The summed E-state index contributed by atoms with van der Waals surface area (Å²) in [7, 11) is 0. The van der Waals surface area contributed by atoms with Gasteiger partial charge in [0.2, 0.25) is 5.82 Å². The third-order valence-electron chi connectivity index (χ3n) is 7.41. The Kier molecular flexibility index (Phi) is 6.55. The number of hydrogen-bond acceptors (Lipinski definition) is 5. The number of ether oxygens (including phenoxy) is 1. The molecule has 0 spiro atoms. The fraction of sp³-hybridized carbons (Fsp3) is 0.600. The fourth-order valence-corrected chi connectivity index (χ4v) is 5.42. The average molecular weight is 452 g/mol. The zero-order valence-electron chi connectivity index (χ0n) is 19.8. The van der Waals surface area contributed by atoms with E-state index in [1.54, 1.807) is 0 Å². The van der Waals surface area contributed by atoms with Crippen LogP contribution in [-0.2, 0) is 17.8 Å². The molecule has 1 aliphatic carbocycles. The second-order valence-electron chi connectivity index (χ2n) is 9.92. The lowest BCUT2D eigenvalue weighted by Crippen LogP contribution is -3.10. The summed E-state index contributed by atoms with van der Waals surface area (Å²) < 4.78 is 8.00. The van der Waals surface area contributed by atoms with Crippen molar-refractivity contribution in [1.82, 2.24) is 25.2 Å². The van der Waals surface area contributed by atoms with Gasteiger partial charge < -0.3 is 14.6 Å². The molecular formula is C25H35N6O2+. The van der Waals surface area contributed by atoms with Gasteiger partial charge in [0.25, 0.3) is 5.56 Å². The predicted octanol–water partition coefficient (Wildman–Crippen LogP) is 2.40. The summed E-state index contributed by atoms with van der Waals surface area (Å²) in [5.41, 5.74) is 4.11. The maximum atomic E-state index is 13.0. The van der Waals surface area contributed by atoms with Crippen molar-refractivity contribution < 1.29 is 9.64 Å². The van der Waals surface area contributed by atoms with Crippen LogP contribution < -0.4 is 10.5 Å². The van der Waals surface area contributed by atoms with Crippen molar-refractivity contribution in [2.45, 2.75) is 84.0 Å². The summed E-state index contributed by atoms with van der Waals surface area (Å²) in [6.07, 6.45) is 8.46. The van der Waals surface area contributed by atoms with E-state index in [2.05, 4.69) is 52.6 Å². The van der Waals surface area contributed by atoms with Crippen molar-refractivity contribution in [2.24, 2.45) is 0 Å². The number of rotatable bonds is 7. The van der Waals surface area contributed by atoms with Crippen LogP contribution in [0.25, 0.3) is 10.9 Å². The molecule has 1 aliphatic heterocycles. The predicted molar refractivity (Wildman–Crippen MR) is 126 cm³/mol. The summed E-state index contributed by atoms with van der Waals surface area (Å²) in [5, 5.41) is 13.8. The second kappa shape index (κ2) is 9.73. The lowest BCUT2D eigenvalue weighted by Gasteiger charge is -2.25. The summed E-state index contributed by atoms with van der Waals surface area (Å²) >= 11 is 0. The number of H-pyrrole nitrogens is 1. The third kappa shape index (κ3) is 5.01. The number of pyridine rings is 1. The number of aromatic nitrogens is 5. The molecule has 5 rings (SSSR count). The SMILES string of the molecule is Cc1cc2cc(C[NH+](Cc3nnnn3C3CCCCC3)C[C@H]3CCCO3)c(=O)[nH]c2cc1C. The molecule has 1 unspecified atom stereocenters. The molecule has 176 valence electrons. The Labute approximate surface area is 194 Å². The van der Waals surface area contributed by atoms with Crippen molar-refractivity contribution in [3.05, 3.63) is 51.1 Å². The quantitative estimate of drug-likeness (QED) is 0.576. The van der Waals surface area contributed by atoms with Crippen LogP contribution in [0.2, 0.25) is 0 Å². The minimum atomic E-state index is -0.0116. The molecule has 0 bridgehead atoms. The van der Waals surface area contributed by atoms with E-state index >= 15 is 0 Å². The Bertz CT molecular complexity index is 1160. The van der Waals surface area contributed by atoms with Gasteiger partial charge in [-0.2, -0.15) is 0 Å². The Morgan fingerprint density at radius 3 is 2.67 bits per heavy atom. The van der Waals surface area contributed by atoms with E-state index in [0.29, 0.717) is 19.1 Å². The number of nitrogens with one attached hydrogen (secondary N) is 2. The Balaban J connectivity index is 1.41. The number of aryl methyl sites for hydroxylation is 2. The van der Waals surface area contributed by atoms with E-state index in [1.807, 2.05) is 4.68 Å². The van der Waals surface area contributed by atoms with Crippen LogP contribution in [-0.4, -0.2) is 44.4 Å². The second-order valence-corrected chi connectivity index (χ2v) is 9.92. The Morgan fingerprint density at radius 2 is 1.88 bits per heavy atom. The van der Waals surface area contributed by atoms with Gasteiger partial charge in [-0.15, -0.1) is 5.10 Å². The molecule has 0 radical (unpaired) electrons. The first-order chi connectivity index (χ1) is 16.1. The Morgan fingerprint density at radius 1 is 1.06 bits per heavy atom.